The molecule has 6 heteroatoms. The van der Waals surface area contributed by atoms with E-state index in [-0.39, 0.29) is 17.5 Å². The average Bonchev–Trinajstić information content (AvgIpc) is 2.81. The van der Waals surface area contributed by atoms with Gasteiger partial charge in [-0.3, -0.25) is 14.3 Å². The molecule has 0 aliphatic rings. The molecule has 0 aliphatic heterocycles. The molecule has 6 nitrogen and oxygen atoms in total. The molecular formula is C17H24N4O2. The first kappa shape index (κ1) is 17.0. The zero-order valence-corrected chi connectivity index (χ0v) is 14.4. The van der Waals surface area contributed by atoms with Crippen LogP contribution < -0.4 is 10.9 Å². The number of aromatic nitrogens is 3. The lowest BCUT2D eigenvalue weighted by atomic mass is 10.1. The zero-order chi connectivity index (χ0) is 17.1. The molecule has 0 fully saturated rings. The summed E-state index contributed by atoms with van der Waals surface area (Å²) < 4.78 is 3.48. The molecule has 1 N–H and O–H groups in total. The first-order valence-electron chi connectivity index (χ1n) is 7.94. The minimum atomic E-state index is -0.249. The second kappa shape index (κ2) is 6.81. The Balaban J connectivity index is 2.22. The normalized spacial score (nSPS) is 12.2. The Kier molecular flexibility index (Phi) is 5.03. The van der Waals surface area contributed by atoms with Crippen LogP contribution in [0.15, 0.2) is 23.1 Å². The summed E-state index contributed by atoms with van der Waals surface area (Å²) in [5.41, 5.74) is 3.21. The van der Waals surface area contributed by atoms with E-state index in [1.807, 2.05) is 39.3 Å². The highest BCUT2D eigenvalue weighted by molar-refractivity contribution is 5.94. The summed E-state index contributed by atoms with van der Waals surface area (Å²) in [5.74, 6) is -0.249. The van der Waals surface area contributed by atoms with E-state index in [0.29, 0.717) is 12.1 Å². The molecule has 0 saturated carbocycles. The number of rotatable bonds is 5. The summed E-state index contributed by atoms with van der Waals surface area (Å²) in [4.78, 5) is 24.2. The van der Waals surface area contributed by atoms with Crippen LogP contribution in [0.5, 0.6) is 0 Å². The second-order valence-electron chi connectivity index (χ2n) is 5.64. The minimum absolute atomic E-state index is 0.168. The number of aryl methyl sites for hydroxylation is 3. The third-order valence-corrected chi connectivity index (χ3v) is 4.12. The van der Waals surface area contributed by atoms with Crippen LogP contribution in [-0.4, -0.2) is 20.3 Å². The van der Waals surface area contributed by atoms with Crippen molar-refractivity contribution in [3.05, 3.63) is 51.2 Å². The Bertz CT molecular complexity index is 773. The molecule has 23 heavy (non-hydrogen) atoms. The van der Waals surface area contributed by atoms with Crippen molar-refractivity contribution < 1.29 is 4.79 Å². The fourth-order valence-electron chi connectivity index (χ4n) is 2.91. The number of hydrogen-bond donors (Lipinski definition) is 1. The van der Waals surface area contributed by atoms with E-state index in [2.05, 4.69) is 10.4 Å². The second-order valence-corrected chi connectivity index (χ2v) is 5.64. The third-order valence-electron chi connectivity index (χ3n) is 4.12. The van der Waals surface area contributed by atoms with Gasteiger partial charge in [-0.05, 0) is 40.7 Å². The van der Waals surface area contributed by atoms with Gasteiger partial charge >= 0.3 is 0 Å². The molecule has 0 aromatic carbocycles. The van der Waals surface area contributed by atoms with Crippen molar-refractivity contribution >= 4 is 5.91 Å². The Labute approximate surface area is 136 Å². The third kappa shape index (κ3) is 3.36. The molecule has 0 radical (unpaired) electrons. The summed E-state index contributed by atoms with van der Waals surface area (Å²) in [6.45, 7) is 11.2. The smallest absolute Gasteiger partial charge is 0.252 e. The number of pyridine rings is 1. The standard InChI is InChI=1S/C17H24N4O2/c1-6-20-9-8-14(10-15(20)22)17(23)18-11(3)16-12(4)19-21(7-2)13(16)5/h8-11H,6-7H2,1-5H3,(H,18,23). The fourth-order valence-corrected chi connectivity index (χ4v) is 2.91. The number of carbonyl (C=O) groups excluding carboxylic acids is 1. The monoisotopic (exact) mass is 316 g/mol. The van der Waals surface area contributed by atoms with Crippen molar-refractivity contribution in [2.75, 3.05) is 0 Å². The molecule has 2 aromatic heterocycles. The van der Waals surface area contributed by atoms with Crippen molar-refractivity contribution in [1.29, 1.82) is 0 Å². The lowest BCUT2D eigenvalue weighted by Crippen LogP contribution is -2.29. The van der Waals surface area contributed by atoms with Crippen LogP contribution in [-0.2, 0) is 13.1 Å². The van der Waals surface area contributed by atoms with E-state index in [1.165, 1.54) is 6.07 Å². The van der Waals surface area contributed by atoms with Gasteiger partial charge in [0.15, 0.2) is 0 Å². The maximum Gasteiger partial charge on any atom is 0.252 e. The van der Waals surface area contributed by atoms with E-state index in [9.17, 15) is 9.59 Å². The summed E-state index contributed by atoms with van der Waals surface area (Å²) in [6.07, 6.45) is 1.65. The molecule has 0 saturated heterocycles. The Morgan fingerprint density at radius 2 is 2.00 bits per heavy atom. The molecular weight excluding hydrogens is 292 g/mol. The zero-order valence-electron chi connectivity index (χ0n) is 14.4. The van der Waals surface area contributed by atoms with Crippen LogP contribution in [0.3, 0.4) is 0 Å². The molecule has 2 aromatic rings. The van der Waals surface area contributed by atoms with E-state index in [4.69, 9.17) is 0 Å². The lowest BCUT2D eigenvalue weighted by Gasteiger charge is -2.15. The minimum Gasteiger partial charge on any atom is -0.345 e. The van der Waals surface area contributed by atoms with Crippen molar-refractivity contribution in [3.8, 4) is 0 Å². The van der Waals surface area contributed by atoms with E-state index >= 15 is 0 Å². The Morgan fingerprint density at radius 1 is 1.30 bits per heavy atom. The average molecular weight is 316 g/mol. The maximum atomic E-state index is 12.4. The van der Waals surface area contributed by atoms with Crippen LogP contribution >= 0.6 is 0 Å². The molecule has 0 aliphatic carbocycles. The van der Waals surface area contributed by atoms with Crippen LogP contribution in [0.4, 0.5) is 0 Å². The van der Waals surface area contributed by atoms with Crippen molar-refractivity contribution in [1.82, 2.24) is 19.7 Å². The number of hydrogen-bond acceptors (Lipinski definition) is 3. The summed E-state index contributed by atoms with van der Waals surface area (Å²) in [7, 11) is 0. The van der Waals surface area contributed by atoms with Gasteiger partial charge in [-0.15, -0.1) is 0 Å². The summed E-state index contributed by atoms with van der Waals surface area (Å²) in [5, 5.41) is 7.43. The number of nitrogens with zero attached hydrogens (tertiary/aromatic N) is 3. The van der Waals surface area contributed by atoms with E-state index < -0.39 is 0 Å². The van der Waals surface area contributed by atoms with Crippen molar-refractivity contribution in [3.63, 3.8) is 0 Å². The molecule has 1 atom stereocenters. The first-order chi connectivity index (χ1) is 10.9. The lowest BCUT2D eigenvalue weighted by molar-refractivity contribution is 0.0939. The summed E-state index contributed by atoms with van der Waals surface area (Å²) in [6, 6.07) is 2.87. The van der Waals surface area contributed by atoms with Crippen LogP contribution in [0.1, 0.15) is 54.1 Å². The molecule has 0 bridgehead atoms. The van der Waals surface area contributed by atoms with Gasteiger partial charge < -0.3 is 9.88 Å². The fraction of sp³-hybridized carbons (Fsp3) is 0.471. The molecule has 2 rings (SSSR count). The number of carbonyl (C=O) groups is 1. The topological polar surface area (TPSA) is 68.9 Å². The van der Waals surface area contributed by atoms with Gasteiger partial charge in [-0.2, -0.15) is 5.10 Å². The highest BCUT2D eigenvalue weighted by atomic mass is 16.2. The van der Waals surface area contributed by atoms with Crippen LogP contribution in [0, 0.1) is 13.8 Å². The van der Waals surface area contributed by atoms with Gasteiger partial charge in [0, 0.05) is 42.2 Å². The first-order valence-corrected chi connectivity index (χ1v) is 7.94. The van der Waals surface area contributed by atoms with Crippen molar-refractivity contribution in [2.24, 2.45) is 0 Å². The van der Waals surface area contributed by atoms with Gasteiger partial charge in [-0.25, -0.2) is 0 Å². The molecule has 2 heterocycles. The maximum absolute atomic E-state index is 12.4. The number of nitrogens with one attached hydrogen (secondary N) is 1. The molecule has 0 spiro atoms. The molecule has 1 amide bonds. The summed E-state index contributed by atoms with van der Waals surface area (Å²) >= 11 is 0. The number of amides is 1. The van der Waals surface area contributed by atoms with Gasteiger partial charge in [0.1, 0.15) is 0 Å². The van der Waals surface area contributed by atoms with Gasteiger partial charge in [0.2, 0.25) is 0 Å². The molecule has 124 valence electrons. The highest BCUT2D eigenvalue weighted by Gasteiger charge is 2.19. The SMILES string of the molecule is CCn1nc(C)c(C(C)NC(=O)c2ccn(CC)c(=O)c2)c1C. The van der Waals surface area contributed by atoms with Gasteiger partial charge in [0.05, 0.1) is 11.7 Å². The van der Waals surface area contributed by atoms with Gasteiger partial charge in [0.25, 0.3) is 11.5 Å². The molecule has 1 unspecified atom stereocenters. The van der Waals surface area contributed by atoms with Crippen molar-refractivity contribution in [2.45, 2.75) is 53.8 Å². The van der Waals surface area contributed by atoms with E-state index in [0.717, 1.165) is 23.5 Å². The largest absolute Gasteiger partial charge is 0.345 e. The Morgan fingerprint density at radius 3 is 2.52 bits per heavy atom. The predicted molar refractivity (Wildman–Crippen MR) is 89.6 cm³/mol. The predicted octanol–water partition coefficient (Wildman–Crippen LogP) is 2.19. The van der Waals surface area contributed by atoms with Gasteiger partial charge in [-0.1, -0.05) is 0 Å². The Hall–Kier alpha value is -2.37. The highest BCUT2D eigenvalue weighted by Crippen LogP contribution is 2.21. The van der Waals surface area contributed by atoms with Crippen LogP contribution in [0.2, 0.25) is 0 Å². The van der Waals surface area contributed by atoms with Crippen LogP contribution in [0.25, 0.3) is 0 Å². The van der Waals surface area contributed by atoms with E-state index in [1.54, 1.807) is 16.8 Å². The quantitative estimate of drug-likeness (QED) is 0.919.